The third-order valence-electron chi connectivity index (χ3n) is 11.8. The number of benzene rings is 8. The minimum atomic E-state index is 0.278. The zero-order valence-electron chi connectivity index (χ0n) is 33.9. The summed E-state index contributed by atoms with van der Waals surface area (Å²) in [7, 11) is 0. The third-order valence-corrected chi connectivity index (χ3v) is 11.8. The fraction of sp³-hybridized carbons (Fsp3) is 0. The summed E-state index contributed by atoms with van der Waals surface area (Å²) in [5, 5.41) is 26.0. The van der Waals surface area contributed by atoms with E-state index in [1.54, 1.807) is 54.6 Å². The molecule has 0 unspecified atom stereocenters. The molecule has 294 valence electrons. The van der Waals surface area contributed by atoms with Gasteiger partial charge in [-0.3, -0.25) is 0 Å². The Bertz CT molecular complexity index is 3730. The molecule has 64 heavy (non-hydrogen) atoms. The van der Waals surface area contributed by atoms with E-state index in [1.165, 1.54) is 10.8 Å². The summed E-state index contributed by atoms with van der Waals surface area (Å²) in [5.74, 6) is 0.326. The summed E-state index contributed by atoms with van der Waals surface area (Å²) in [5.41, 5.74) is 12.1. The zero-order valence-corrected chi connectivity index (χ0v) is 33.9. The maximum Gasteiger partial charge on any atom is 0.187 e. The molecule has 0 spiro atoms. The summed E-state index contributed by atoms with van der Waals surface area (Å²) < 4.78 is 4.62. The van der Waals surface area contributed by atoms with Crippen molar-refractivity contribution in [2.45, 2.75) is 0 Å². The SMILES string of the molecule is [C-]#[N+]c1cccc(-c2cc(-c3c(C#N)cc(-c4ccc(-n5c6ccccc6c6cc(-n7c8ccccc8c8ccccc87)ccc65)cc4)cc3C#N)nc(-c3cccc([N+]#[C-])c3)n2)c1. The van der Waals surface area contributed by atoms with Crippen LogP contribution in [0.5, 0.6) is 0 Å². The van der Waals surface area contributed by atoms with Gasteiger partial charge in [0.1, 0.15) is 0 Å². The Morgan fingerprint density at radius 2 is 0.906 bits per heavy atom. The van der Waals surface area contributed by atoms with Gasteiger partial charge in [-0.1, -0.05) is 103 Å². The number of nitriles is 2. The van der Waals surface area contributed by atoms with Crippen LogP contribution in [0.4, 0.5) is 11.4 Å². The molecule has 0 aliphatic heterocycles. The minimum absolute atomic E-state index is 0.278. The highest BCUT2D eigenvalue weighted by atomic mass is 15.0. The number of nitrogens with zero attached hydrogens (tertiary/aromatic N) is 8. The van der Waals surface area contributed by atoms with Crippen LogP contribution in [0.2, 0.25) is 0 Å². The molecular weight excluding hydrogens is 785 g/mol. The van der Waals surface area contributed by atoms with Gasteiger partial charge in [0.25, 0.3) is 0 Å². The van der Waals surface area contributed by atoms with Crippen molar-refractivity contribution in [1.29, 1.82) is 10.5 Å². The number of para-hydroxylation sites is 3. The second-order valence-corrected chi connectivity index (χ2v) is 15.4. The first-order chi connectivity index (χ1) is 31.5. The van der Waals surface area contributed by atoms with Crippen LogP contribution in [-0.4, -0.2) is 19.1 Å². The van der Waals surface area contributed by atoms with Crippen molar-refractivity contribution in [3.05, 3.63) is 216 Å². The molecule has 3 heterocycles. The number of hydrogen-bond donors (Lipinski definition) is 0. The number of hydrogen-bond acceptors (Lipinski definition) is 4. The Morgan fingerprint density at radius 3 is 1.50 bits per heavy atom. The highest BCUT2D eigenvalue weighted by Gasteiger charge is 2.20. The van der Waals surface area contributed by atoms with E-state index in [1.807, 2.05) is 24.3 Å². The first-order valence-corrected chi connectivity index (χ1v) is 20.5. The van der Waals surface area contributed by atoms with E-state index in [0.29, 0.717) is 50.8 Å². The lowest BCUT2D eigenvalue weighted by Gasteiger charge is -2.14. The summed E-state index contributed by atoms with van der Waals surface area (Å²) >= 11 is 0. The van der Waals surface area contributed by atoms with E-state index in [4.69, 9.17) is 23.1 Å². The Morgan fingerprint density at radius 1 is 0.406 bits per heavy atom. The van der Waals surface area contributed by atoms with Crippen molar-refractivity contribution in [1.82, 2.24) is 19.1 Å². The zero-order chi connectivity index (χ0) is 43.3. The van der Waals surface area contributed by atoms with Gasteiger partial charge in [-0.05, 0) is 95.6 Å². The van der Waals surface area contributed by atoms with Crippen molar-refractivity contribution in [3.63, 3.8) is 0 Å². The van der Waals surface area contributed by atoms with Gasteiger partial charge in [-0.25, -0.2) is 19.7 Å². The van der Waals surface area contributed by atoms with Crippen molar-refractivity contribution >= 4 is 55.0 Å². The Hall–Kier alpha value is -9.60. The van der Waals surface area contributed by atoms with Crippen LogP contribution in [-0.2, 0) is 0 Å². The average Bonchev–Trinajstić information content (AvgIpc) is 3.88. The summed E-state index contributed by atoms with van der Waals surface area (Å²) in [6, 6.07) is 64.5. The van der Waals surface area contributed by atoms with E-state index in [-0.39, 0.29) is 11.1 Å². The van der Waals surface area contributed by atoms with Crippen LogP contribution in [0.25, 0.3) is 110 Å². The highest BCUT2D eigenvalue weighted by Crippen LogP contribution is 2.39. The minimum Gasteiger partial charge on any atom is -0.309 e. The second-order valence-electron chi connectivity index (χ2n) is 15.4. The Kier molecular flexibility index (Phi) is 8.85. The van der Waals surface area contributed by atoms with Crippen molar-refractivity contribution in [2.75, 3.05) is 0 Å². The first kappa shape index (κ1) is 37.4. The molecule has 0 N–H and O–H groups in total. The maximum absolute atomic E-state index is 10.7. The maximum atomic E-state index is 10.7. The lowest BCUT2D eigenvalue weighted by Crippen LogP contribution is -2.00. The summed E-state index contributed by atoms with van der Waals surface area (Å²) in [4.78, 5) is 16.9. The quantitative estimate of drug-likeness (QED) is 0.156. The van der Waals surface area contributed by atoms with Crippen LogP contribution < -0.4 is 0 Å². The molecular formula is C56H30N8. The summed E-state index contributed by atoms with van der Waals surface area (Å²) in [6.07, 6.45) is 0. The number of fused-ring (bicyclic) bond motifs is 6. The molecule has 0 aliphatic rings. The molecule has 0 radical (unpaired) electrons. The van der Waals surface area contributed by atoms with E-state index >= 15 is 0 Å². The molecule has 3 aromatic heterocycles. The van der Waals surface area contributed by atoms with Gasteiger partial charge in [0.2, 0.25) is 0 Å². The van der Waals surface area contributed by atoms with E-state index < -0.39 is 0 Å². The van der Waals surface area contributed by atoms with E-state index in [9.17, 15) is 10.5 Å². The monoisotopic (exact) mass is 814 g/mol. The number of rotatable bonds is 6. The van der Waals surface area contributed by atoms with Gasteiger partial charge in [0, 0.05) is 44.0 Å². The lowest BCUT2D eigenvalue weighted by atomic mass is 9.92. The van der Waals surface area contributed by atoms with Gasteiger partial charge < -0.3 is 9.13 Å². The third kappa shape index (κ3) is 6.12. The second kappa shape index (κ2) is 15.1. The Balaban J connectivity index is 1.01. The first-order valence-electron chi connectivity index (χ1n) is 20.5. The lowest BCUT2D eigenvalue weighted by molar-refractivity contribution is 1.17. The van der Waals surface area contributed by atoms with Gasteiger partial charge in [0.15, 0.2) is 17.2 Å². The molecule has 0 aliphatic carbocycles. The van der Waals surface area contributed by atoms with Crippen LogP contribution in [0.1, 0.15) is 11.1 Å². The molecule has 8 nitrogen and oxygen atoms in total. The molecule has 0 saturated carbocycles. The van der Waals surface area contributed by atoms with Crippen LogP contribution >= 0.6 is 0 Å². The van der Waals surface area contributed by atoms with Crippen LogP contribution in [0.15, 0.2) is 182 Å². The normalized spacial score (nSPS) is 11.1. The number of aromatic nitrogens is 4. The largest absolute Gasteiger partial charge is 0.309 e. The molecule has 0 saturated heterocycles. The standard InChI is InChI=1S/C56H30N8/c1-59-41-13-9-11-36(29-41)49-32-50(62-56(61-49)37-12-10-14-42(30-37)60-2)55-39(33-57)27-38(28-40(55)34-58)35-21-23-43(24-22-35)63-53-20-8-5-17-47(53)48-31-44(25-26-54(48)63)64-51-18-6-3-15-45(51)46-16-4-7-19-52(46)64/h3-32H. The molecule has 0 amide bonds. The fourth-order valence-electron chi connectivity index (χ4n) is 8.94. The van der Waals surface area contributed by atoms with Gasteiger partial charge in [-0.15, -0.1) is 0 Å². The molecule has 0 fully saturated rings. The van der Waals surface area contributed by atoms with Crippen molar-refractivity contribution < 1.29 is 0 Å². The van der Waals surface area contributed by atoms with Gasteiger partial charge >= 0.3 is 0 Å². The van der Waals surface area contributed by atoms with Gasteiger partial charge in [-0.2, -0.15) is 10.5 Å². The summed E-state index contributed by atoms with van der Waals surface area (Å²) in [6.45, 7) is 15.1. The fourth-order valence-corrected chi connectivity index (χ4v) is 8.94. The van der Waals surface area contributed by atoms with E-state index in [0.717, 1.165) is 49.8 Å². The average molecular weight is 815 g/mol. The Labute approximate surface area is 367 Å². The molecule has 0 atom stereocenters. The van der Waals surface area contributed by atoms with Crippen LogP contribution in [0.3, 0.4) is 0 Å². The van der Waals surface area contributed by atoms with Crippen molar-refractivity contribution in [2.24, 2.45) is 0 Å². The van der Waals surface area contributed by atoms with E-state index in [2.05, 4.69) is 134 Å². The van der Waals surface area contributed by atoms with Crippen molar-refractivity contribution in [3.8, 4) is 68.5 Å². The molecule has 11 rings (SSSR count). The topological polar surface area (TPSA) is 91.9 Å². The predicted molar refractivity (Wildman–Crippen MR) is 254 cm³/mol. The van der Waals surface area contributed by atoms with Crippen LogP contribution in [0, 0.1) is 35.8 Å². The van der Waals surface area contributed by atoms with Gasteiger partial charge in [0.05, 0.1) is 69.9 Å². The predicted octanol–water partition coefficient (Wildman–Crippen LogP) is 14.2. The molecule has 8 heteroatoms. The molecule has 8 aromatic carbocycles. The smallest absolute Gasteiger partial charge is 0.187 e. The molecule has 11 aromatic rings. The highest BCUT2D eigenvalue weighted by molar-refractivity contribution is 6.12. The molecule has 0 bridgehead atoms.